The lowest BCUT2D eigenvalue weighted by Gasteiger charge is -2.37. The molecule has 8 nitrogen and oxygen atoms in total. The molecule has 0 bridgehead atoms. The van der Waals surface area contributed by atoms with Gasteiger partial charge in [0.1, 0.15) is 5.75 Å². The summed E-state index contributed by atoms with van der Waals surface area (Å²) in [6, 6.07) is 16.6. The first-order valence-corrected chi connectivity index (χ1v) is 13.5. The molecule has 3 heterocycles. The largest absolute Gasteiger partial charge is 0.435 e. The number of likely N-dealkylation sites (tertiary alicyclic amines) is 2. The van der Waals surface area contributed by atoms with Crippen LogP contribution in [0.2, 0.25) is 5.02 Å². The van der Waals surface area contributed by atoms with E-state index in [-0.39, 0.29) is 40.1 Å². The molecule has 41 heavy (non-hydrogen) atoms. The van der Waals surface area contributed by atoms with Crippen molar-refractivity contribution in [3.05, 3.63) is 94.0 Å². The first kappa shape index (κ1) is 26.9. The molecule has 2 atom stereocenters. The molecule has 3 aliphatic rings. The average Bonchev–Trinajstić information content (AvgIpc) is 3.51. The summed E-state index contributed by atoms with van der Waals surface area (Å²) < 4.78 is 29.4. The van der Waals surface area contributed by atoms with Crippen LogP contribution in [0.1, 0.15) is 54.3 Å². The Kier molecular flexibility index (Phi) is 6.94. The van der Waals surface area contributed by atoms with Crippen molar-refractivity contribution >= 4 is 40.9 Å². The van der Waals surface area contributed by atoms with E-state index in [1.807, 2.05) is 0 Å². The number of piperidine rings is 1. The number of carbonyl (C=O) groups is 4. The number of ether oxygens (including phenoxy) is 1. The van der Waals surface area contributed by atoms with Crippen LogP contribution in [-0.4, -0.2) is 65.7 Å². The summed E-state index contributed by atoms with van der Waals surface area (Å²) in [7, 11) is 0. The third-order valence-electron chi connectivity index (χ3n) is 7.89. The van der Waals surface area contributed by atoms with E-state index in [1.165, 1.54) is 18.2 Å². The highest BCUT2D eigenvalue weighted by Gasteiger charge is 2.43. The van der Waals surface area contributed by atoms with Gasteiger partial charge in [-0.1, -0.05) is 23.7 Å². The van der Waals surface area contributed by atoms with Gasteiger partial charge in [-0.15, -0.1) is 0 Å². The summed E-state index contributed by atoms with van der Waals surface area (Å²) >= 11 is 6.22. The molecule has 210 valence electrons. The third kappa shape index (κ3) is 4.82. The van der Waals surface area contributed by atoms with E-state index in [9.17, 15) is 28.0 Å². The van der Waals surface area contributed by atoms with Crippen molar-refractivity contribution in [1.29, 1.82) is 0 Å². The molecule has 0 unspecified atom stereocenters. The minimum atomic E-state index is -3.00. The molecule has 3 aliphatic heterocycles. The van der Waals surface area contributed by atoms with Gasteiger partial charge in [0.15, 0.2) is 0 Å². The Morgan fingerprint density at radius 1 is 0.902 bits per heavy atom. The molecule has 0 aliphatic carbocycles. The molecule has 6 rings (SSSR count). The Morgan fingerprint density at radius 3 is 2.22 bits per heavy atom. The van der Waals surface area contributed by atoms with Gasteiger partial charge in [-0.05, 0) is 73.4 Å². The van der Waals surface area contributed by atoms with E-state index in [0.717, 1.165) is 17.7 Å². The number of fused-ring (bicyclic) bond motifs is 2. The molecule has 0 spiro atoms. The second-order valence-corrected chi connectivity index (χ2v) is 10.6. The topological polar surface area (TPSA) is 87.2 Å². The number of carbonyl (C=O) groups excluding carboxylic acids is 4. The second kappa shape index (κ2) is 10.6. The minimum absolute atomic E-state index is 0.00843. The van der Waals surface area contributed by atoms with Gasteiger partial charge in [-0.3, -0.25) is 19.2 Å². The maximum Gasteiger partial charge on any atom is 0.387 e. The van der Waals surface area contributed by atoms with Crippen molar-refractivity contribution in [1.82, 2.24) is 9.80 Å². The van der Waals surface area contributed by atoms with Gasteiger partial charge in [0.05, 0.1) is 33.4 Å². The van der Waals surface area contributed by atoms with Crippen LogP contribution in [0.5, 0.6) is 5.75 Å². The summed E-state index contributed by atoms with van der Waals surface area (Å²) in [5.74, 6) is -1.41. The van der Waals surface area contributed by atoms with Crippen molar-refractivity contribution in [2.24, 2.45) is 5.92 Å². The van der Waals surface area contributed by atoms with Crippen molar-refractivity contribution in [3.8, 4) is 5.75 Å². The van der Waals surface area contributed by atoms with Gasteiger partial charge in [0, 0.05) is 25.2 Å². The minimum Gasteiger partial charge on any atom is -0.435 e. The number of amides is 4. The number of alkyl halides is 2. The van der Waals surface area contributed by atoms with Gasteiger partial charge >= 0.3 is 6.61 Å². The highest BCUT2D eigenvalue weighted by atomic mass is 35.5. The molecule has 2 saturated heterocycles. The summed E-state index contributed by atoms with van der Waals surface area (Å²) in [5, 5.41) is 0.00843. The van der Waals surface area contributed by atoms with Crippen LogP contribution >= 0.6 is 11.6 Å². The predicted molar refractivity (Wildman–Crippen MR) is 146 cm³/mol. The van der Waals surface area contributed by atoms with Crippen LogP contribution < -0.4 is 9.64 Å². The standard InChI is InChI=1S/C30H24ClF2N3O5/c31-24-14-20(41-30(32)33)11-12-23(24)27(38)34-15-18-4-3-13-35(25(18)16-34)26(37)17-7-9-19(10-8-17)36-28(39)21-5-1-2-6-22(21)29(36)40/h1-2,5-12,14,18,25,30H,3-4,13,15-16H2/t18-,25+/m1/s1. The van der Waals surface area contributed by atoms with Gasteiger partial charge < -0.3 is 14.5 Å². The van der Waals surface area contributed by atoms with Crippen LogP contribution in [0.4, 0.5) is 14.5 Å². The summed E-state index contributed by atoms with van der Waals surface area (Å²) in [6.45, 7) is -1.72. The average molecular weight is 580 g/mol. The lowest BCUT2D eigenvalue weighted by molar-refractivity contribution is -0.0498. The Morgan fingerprint density at radius 2 is 1.59 bits per heavy atom. The monoisotopic (exact) mass is 579 g/mol. The zero-order valence-electron chi connectivity index (χ0n) is 21.6. The first-order chi connectivity index (χ1) is 19.7. The fourth-order valence-corrected chi connectivity index (χ4v) is 6.21. The first-order valence-electron chi connectivity index (χ1n) is 13.2. The van der Waals surface area contributed by atoms with Crippen molar-refractivity contribution in [2.75, 3.05) is 24.5 Å². The van der Waals surface area contributed by atoms with Crippen molar-refractivity contribution in [3.63, 3.8) is 0 Å². The summed E-state index contributed by atoms with van der Waals surface area (Å²) in [5.41, 5.74) is 1.65. The van der Waals surface area contributed by atoms with E-state index in [0.29, 0.717) is 42.0 Å². The fourth-order valence-electron chi connectivity index (χ4n) is 5.96. The number of imide groups is 1. The van der Waals surface area contributed by atoms with E-state index < -0.39 is 18.4 Å². The van der Waals surface area contributed by atoms with Crippen LogP contribution in [0.25, 0.3) is 0 Å². The van der Waals surface area contributed by atoms with Crippen LogP contribution in [0.15, 0.2) is 66.7 Å². The van der Waals surface area contributed by atoms with E-state index >= 15 is 0 Å². The van der Waals surface area contributed by atoms with E-state index in [1.54, 1.807) is 58.3 Å². The maximum absolute atomic E-state index is 13.6. The molecule has 3 aromatic rings. The summed E-state index contributed by atoms with van der Waals surface area (Å²) in [4.78, 5) is 57.0. The van der Waals surface area contributed by atoms with E-state index in [4.69, 9.17) is 11.6 Å². The highest BCUT2D eigenvalue weighted by Crippen LogP contribution is 2.34. The van der Waals surface area contributed by atoms with Crippen molar-refractivity contribution in [2.45, 2.75) is 25.5 Å². The van der Waals surface area contributed by atoms with Gasteiger partial charge in [-0.2, -0.15) is 8.78 Å². The Balaban J connectivity index is 1.16. The number of nitrogens with zero attached hydrogens (tertiary/aromatic N) is 3. The Labute approximate surface area is 239 Å². The number of benzene rings is 3. The molecular weight excluding hydrogens is 556 g/mol. The zero-order valence-corrected chi connectivity index (χ0v) is 22.4. The zero-order chi connectivity index (χ0) is 28.8. The highest BCUT2D eigenvalue weighted by molar-refractivity contribution is 6.34. The number of rotatable bonds is 5. The molecule has 0 aromatic heterocycles. The second-order valence-electron chi connectivity index (χ2n) is 10.2. The van der Waals surface area contributed by atoms with E-state index in [2.05, 4.69) is 4.74 Å². The molecule has 11 heteroatoms. The Bertz CT molecular complexity index is 1530. The number of halogens is 3. The normalized spacial score (nSPS) is 20.0. The van der Waals surface area contributed by atoms with Crippen molar-refractivity contribution < 1.29 is 32.7 Å². The molecular formula is C30H24ClF2N3O5. The predicted octanol–water partition coefficient (Wildman–Crippen LogP) is 5.12. The smallest absolute Gasteiger partial charge is 0.387 e. The molecule has 0 radical (unpaired) electrons. The quantitative estimate of drug-likeness (QED) is 0.392. The van der Waals surface area contributed by atoms with Gasteiger partial charge in [0.2, 0.25) is 0 Å². The Hall–Kier alpha value is -4.31. The maximum atomic E-state index is 13.6. The summed E-state index contributed by atoms with van der Waals surface area (Å²) in [6.07, 6.45) is 1.63. The van der Waals surface area contributed by atoms with Crippen LogP contribution in [0.3, 0.4) is 0 Å². The van der Waals surface area contributed by atoms with Crippen LogP contribution in [0, 0.1) is 5.92 Å². The lowest BCUT2D eigenvalue weighted by atomic mass is 9.91. The number of hydrogen-bond donors (Lipinski definition) is 0. The lowest BCUT2D eigenvalue weighted by Crippen LogP contribution is -2.48. The molecule has 2 fully saturated rings. The molecule has 0 saturated carbocycles. The molecule has 3 aromatic carbocycles. The number of anilines is 1. The van der Waals surface area contributed by atoms with Gasteiger partial charge in [0.25, 0.3) is 23.6 Å². The molecule has 4 amide bonds. The van der Waals surface area contributed by atoms with Crippen LogP contribution in [-0.2, 0) is 0 Å². The fraction of sp³-hybridized carbons (Fsp3) is 0.267. The molecule has 0 N–H and O–H groups in total. The SMILES string of the molecule is O=C(c1ccc(OC(F)F)cc1Cl)N1C[C@H]2CCCN(C(=O)c3ccc(N4C(=O)c5ccccc5C4=O)cc3)[C@H]2C1. The van der Waals surface area contributed by atoms with Gasteiger partial charge in [-0.25, -0.2) is 4.90 Å². The third-order valence-corrected chi connectivity index (χ3v) is 8.20. The number of hydrogen-bond acceptors (Lipinski definition) is 5.